The first-order valence-electron chi connectivity index (χ1n) is 11.2. The molecule has 0 unspecified atom stereocenters. The molecule has 1 saturated heterocycles. The molecule has 4 aromatic rings. The highest BCUT2D eigenvalue weighted by Crippen LogP contribution is 2.30. The van der Waals surface area contributed by atoms with E-state index in [1.165, 1.54) is 14.2 Å². The van der Waals surface area contributed by atoms with E-state index in [2.05, 4.69) is 44.5 Å². The zero-order chi connectivity index (χ0) is 26.9. The molecule has 0 spiro atoms. The summed E-state index contributed by atoms with van der Waals surface area (Å²) in [6.07, 6.45) is 3.22. The fourth-order valence-electron chi connectivity index (χ4n) is 3.89. The normalized spacial score (nSPS) is 14.8. The highest BCUT2D eigenvalue weighted by Gasteiger charge is 2.35. The Morgan fingerprint density at radius 1 is 0.892 bits per heavy atom. The predicted octanol–water partition coefficient (Wildman–Crippen LogP) is 5.75. The van der Waals surface area contributed by atoms with Crippen molar-refractivity contribution in [2.75, 3.05) is 27.4 Å². The summed E-state index contributed by atoms with van der Waals surface area (Å²) in [6, 6.07) is 7.14. The van der Waals surface area contributed by atoms with Crippen molar-refractivity contribution in [3.63, 3.8) is 0 Å². The summed E-state index contributed by atoms with van der Waals surface area (Å²) in [5.41, 5.74) is 3.25. The number of halogens is 3. The number of esters is 2. The molecule has 0 aliphatic carbocycles. The Morgan fingerprint density at radius 2 is 1.38 bits per heavy atom. The van der Waals surface area contributed by atoms with Crippen molar-refractivity contribution < 1.29 is 28.4 Å². The molecule has 1 fully saturated rings. The third-order valence-electron chi connectivity index (χ3n) is 5.84. The molecule has 1 aliphatic heterocycles. The van der Waals surface area contributed by atoms with E-state index in [4.69, 9.17) is 37.2 Å². The second kappa shape index (κ2) is 11.1. The molecule has 0 amide bonds. The molecule has 37 heavy (non-hydrogen) atoms. The van der Waals surface area contributed by atoms with Gasteiger partial charge in [-0.2, -0.15) is 0 Å². The Labute approximate surface area is 232 Å². The maximum absolute atomic E-state index is 11.8. The number of nitrogens with one attached hydrogen (secondary N) is 2. The summed E-state index contributed by atoms with van der Waals surface area (Å²) < 4.78 is 21.8. The molecule has 194 valence electrons. The molecule has 0 radical (unpaired) electrons. The Morgan fingerprint density at radius 3 is 1.89 bits per heavy atom. The number of hydrogen-bond donors (Lipinski definition) is 2. The molecule has 1 aliphatic rings. The second-order valence-corrected chi connectivity index (χ2v) is 10.9. The van der Waals surface area contributed by atoms with Gasteiger partial charge in [-0.15, -0.1) is 0 Å². The molecule has 2 aromatic carbocycles. The van der Waals surface area contributed by atoms with Crippen LogP contribution in [0.2, 0.25) is 10.0 Å². The quantitative estimate of drug-likeness (QED) is 0.227. The van der Waals surface area contributed by atoms with E-state index in [1.807, 2.05) is 6.07 Å². The van der Waals surface area contributed by atoms with Crippen LogP contribution in [-0.2, 0) is 18.8 Å². The summed E-state index contributed by atoms with van der Waals surface area (Å²) in [4.78, 5) is 29.2. The van der Waals surface area contributed by atoms with Crippen LogP contribution in [0.4, 0.5) is 0 Å². The van der Waals surface area contributed by atoms with Gasteiger partial charge in [-0.3, -0.25) is 0 Å². The highest BCUT2D eigenvalue weighted by atomic mass is 79.9. The standard InChI is InChI=1S/C15H17BClNO4.C10H7BrClNO2/c1-15(2)7-21-16(22-8-15)11-4-9-10(14(19)20-3)6-18-13(9)5-12(11)17;1-15-10(14)6-4-13-9-3-8(12)7(11)2-5(6)9/h4-6,18H,7-8H2,1-3H3;2-4,13H,1H3. The first-order valence-corrected chi connectivity index (χ1v) is 12.8. The number of H-pyrrole nitrogens is 2. The van der Waals surface area contributed by atoms with Crippen LogP contribution in [0.25, 0.3) is 21.8 Å². The van der Waals surface area contributed by atoms with Crippen LogP contribution >= 0.6 is 39.1 Å². The summed E-state index contributed by atoms with van der Waals surface area (Å²) in [7, 11) is 2.19. The lowest BCUT2D eigenvalue weighted by Gasteiger charge is -2.33. The Balaban J connectivity index is 0.000000186. The van der Waals surface area contributed by atoms with Crippen molar-refractivity contribution in [3.8, 4) is 0 Å². The van der Waals surface area contributed by atoms with Crippen LogP contribution in [0.3, 0.4) is 0 Å². The number of fused-ring (bicyclic) bond motifs is 2. The van der Waals surface area contributed by atoms with Gasteiger partial charge in [0.25, 0.3) is 0 Å². The maximum Gasteiger partial charge on any atom is 0.495 e. The zero-order valence-corrected chi connectivity index (χ0v) is 23.6. The molecular formula is C25H24BBrCl2N2O6. The highest BCUT2D eigenvalue weighted by molar-refractivity contribution is 9.10. The van der Waals surface area contributed by atoms with Gasteiger partial charge < -0.3 is 28.8 Å². The molecule has 8 nitrogen and oxygen atoms in total. The van der Waals surface area contributed by atoms with Gasteiger partial charge in [0, 0.05) is 67.8 Å². The number of carbonyl (C=O) groups excluding carboxylic acids is 2. The molecule has 3 heterocycles. The van der Waals surface area contributed by atoms with Crippen molar-refractivity contribution in [2.24, 2.45) is 5.41 Å². The van der Waals surface area contributed by atoms with Gasteiger partial charge in [0.2, 0.25) is 0 Å². The monoisotopic (exact) mass is 608 g/mol. The number of hydrogen-bond acceptors (Lipinski definition) is 6. The van der Waals surface area contributed by atoms with E-state index in [1.54, 1.807) is 30.6 Å². The molecule has 0 saturated carbocycles. The number of rotatable bonds is 3. The second-order valence-electron chi connectivity index (χ2n) is 9.24. The molecule has 12 heteroatoms. The van der Waals surface area contributed by atoms with Gasteiger partial charge in [0.15, 0.2) is 0 Å². The van der Waals surface area contributed by atoms with Gasteiger partial charge in [-0.1, -0.05) is 43.1 Å². The number of benzene rings is 2. The smallest absolute Gasteiger partial charge is 0.465 e. The van der Waals surface area contributed by atoms with Gasteiger partial charge in [-0.25, -0.2) is 9.59 Å². The fourth-order valence-corrected chi connectivity index (χ4v) is 4.65. The molecule has 0 bridgehead atoms. The Bertz CT molecular complexity index is 1480. The summed E-state index contributed by atoms with van der Waals surface area (Å²) in [6.45, 7) is 5.33. The third-order valence-corrected chi connectivity index (χ3v) is 7.36. The van der Waals surface area contributed by atoms with Crippen LogP contribution in [0.1, 0.15) is 34.6 Å². The first kappa shape index (κ1) is 27.5. The van der Waals surface area contributed by atoms with E-state index >= 15 is 0 Å². The lowest BCUT2D eigenvalue weighted by Crippen LogP contribution is -2.47. The van der Waals surface area contributed by atoms with Crippen molar-refractivity contribution in [1.29, 1.82) is 0 Å². The largest absolute Gasteiger partial charge is 0.495 e. The van der Waals surface area contributed by atoms with Crippen molar-refractivity contribution in [1.82, 2.24) is 9.97 Å². The first-order chi connectivity index (χ1) is 17.5. The molecule has 2 N–H and O–H groups in total. The van der Waals surface area contributed by atoms with E-state index in [9.17, 15) is 9.59 Å². The van der Waals surface area contributed by atoms with Crippen LogP contribution in [0.15, 0.2) is 41.1 Å². The Hall–Kier alpha value is -2.50. The average molecular weight is 610 g/mol. The summed E-state index contributed by atoms with van der Waals surface area (Å²) in [5.74, 6) is -0.762. The van der Waals surface area contributed by atoms with E-state index < -0.39 is 13.1 Å². The van der Waals surface area contributed by atoms with Gasteiger partial charge >= 0.3 is 19.1 Å². The molecule has 2 aromatic heterocycles. The minimum absolute atomic E-state index is 0.0155. The van der Waals surface area contributed by atoms with Gasteiger partial charge in [0.05, 0.1) is 30.4 Å². The topological polar surface area (TPSA) is 103 Å². The number of ether oxygens (including phenoxy) is 2. The maximum atomic E-state index is 11.8. The van der Waals surface area contributed by atoms with Crippen molar-refractivity contribution in [3.05, 3.63) is 62.3 Å². The number of carbonyl (C=O) groups is 2. The average Bonchev–Trinajstić information content (AvgIpc) is 3.47. The van der Waals surface area contributed by atoms with Crippen LogP contribution < -0.4 is 5.46 Å². The number of aromatic amines is 2. The fraction of sp³-hybridized carbons (Fsp3) is 0.280. The van der Waals surface area contributed by atoms with Crippen LogP contribution in [0.5, 0.6) is 0 Å². The van der Waals surface area contributed by atoms with Crippen LogP contribution in [-0.4, -0.2) is 56.5 Å². The van der Waals surface area contributed by atoms with Gasteiger partial charge in [-0.05, 0) is 34.1 Å². The number of methoxy groups -OCH3 is 2. The SMILES string of the molecule is COC(=O)c1c[nH]c2cc(Cl)c(B3OCC(C)(C)CO3)cc12.COC(=O)c1c[nH]c2cc(Cl)c(Br)cc12. The summed E-state index contributed by atoms with van der Waals surface area (Å²) in [5, 5.41) is 2.66. The van der Waals surface area contributed by atoms with Crippen molar-refractivity contribution in [2.45, 2.75) is 13.8 Å². The van der Waals surface area contributed by atoms with Crippen LogP contribution in [0, 0.1) is 5.41 Å². The molecule has 5 rings (SSSR count). The third kappa shape index (κ3) is 5.83. The minimum atomic E-state index is -0.523. The Kier molecular flexibility index (Phi) is 8.25. The minimum Gasteiger partial charge on any atom is -0.465 e. The molecular weight excluding hydrogens is 586 g/mol. The predicted molar refractivity (Wildman–Crippen MR) is 148 cm³/mol. The van der Waals surface area contributed by atoms with Gasteiger partial charge in [0.1, 0.15) is 0 Å². The number of aromatic nitrogens is 2. The summed E-state index contributed by atoms with van der Waals surface area (Å²) >= 11 is 15.6. The van der Waals surface area contributed by atoms with E-state index in [0.29, 0.717) is 34.4 Å². The lowest BCUT2D eigenvalue weighted by molar-refractivity contribution is 0.0343. The van der Waals surface area contributed by atoms with Crippen molar-refractivity contribution >= 4 is 85.5 Å². The van der Waals surface area contributed by atoms with E-state index in [0.717, 1.165) is 31.7 Å². The zero-order valence-electron chi connectivity index (χ0n) is 20.5. The van der Waals surface area contributed by atoms with E-state index in [-0.39, 0.29) is 11.4 Å². The lowest BCUT2D eigenvalue weighted by atomic mass is 9.75. The molecule has 0 atom stereocenters.